The summed E-state index contributed by atoms with van der Waals surface area (Å²) in [5, 5.41) is 3.38. The van der Waals surface area contributed by atoms with Crippen LogP contribution in [0.1, 0.15) is 39.7 Å². The molecule has 0 spiro atoms. The van der Waals surface area contributed by atoms with E-state index in [1.807, 2.05) is 13.1 Å². The van der Waals surface area contributed by atoms with Crippen molar-refractivity contribution in [1.29, 1.82) is 0 Å². The highest BCUT2D eigenvalue weighted by Gasteiger charge is 2.23. The van der Waals surface area contributed by atoms with Gasteiger partial charge < -0.3 is 5.32 Å². The Hall–Kier alpha value is -0.410. The van der Waals surface area contributed by atoms with Crippen LogP contribution in [0.15, 0.2) is 22.7 Å². The van der Waals surface area contributed by atoms with Crippen LogP contribution in [0, 0.1) is 17.2 Å². The minimum atomic E-state index is -0.195. The molecule has 1 aromatic rings. The summed E-state index contributed by atoms with van der Waals surface area (Å²) in [5.74, 6) is 0.434. The summed E-state index contributed by atoms with van der Waals surface area (Å²) in [7, 11) is 2.00. The second-order valence-electron chi connectivity index (χ2n) is 6.43. The van der Waals surface area contributed by atoms with Gasteiger partial charge in [0.1, 0.15) is 5.82 Å². The average Bonchev–Trinajstić information content (AvgIpc) is 2.30. The molecule has 1 rings (SSSR count). The van der Waals surface area contributed by atoms with E-state index in [4.69, 9.17) is 0 Å². The maximum Gasteiger partial charge on any atom is 0.124 e. The molecule has 1 aromatic carbocycles. The molecule has 2 unspecified atom stereocenters. The molecule has 0 aliphatic rings. The minimum absolute atomic E-state index is 0.195. The van der Waals surface area contributed by atoms with Crippen LogP contribution in [0.5, 0.6) is 0 Å². The van der Waals surface area contributed by atoms with Crippen molar-refractivity contribution < 1.29 is 4.39 Å². The van der Waals surface area contributed by atoms with Crippen LogP contribution in [-0.2, 0) is 6.42 Å². The summed E-state index contributed by atoms with van der Waals surface area (Å²) in [6, 6.07) is 5.34. The molecule has 0 saturated heterocycles. The smallest absolute Gasteiger partial charge is 0.124 e. The van der Waals surface area contributed by atoms with Crippen molar-refractivity contribution in [2.75, 3.05) is 7.05 Å². The summed E-state index contributed by atoms with van der Waals surface area (Å²) in [6.07, 6.45) is 2.03. The Bertz CT molecular complexity index is 412. The Morgan fingerprint density at radius 1 is 1.32 bits per heavy atom. The van der Waals surface area contributed by atoms with E-state index in [1.165, 1.54) is 12.1 Å². The lowest BCUT2D eigenvalue weighted by Crippen LogP contribution is -2.33. The Morgan fingerprint density at radius 2 is 1.95 bits per heavy atom. The summed E-state index contributed by atoms with van der Waals surface area (Å²) in [5.41, 5.74) is 1.47. The van der Waals surface area contributed by atoms with Gasteiger partial charge >= 0.3 is 0 Å². The van der Waals surface area contributed by atoms with Gasteiger partial charge in [0.25, 0.3) is 0 Å². The SMILES string of the molecule is CNC(Cc1ccc(F)cc1Br)CC(C)C(C)(C)C. The van der Waals surface area contributed by atoms with Gasteiger partial charge in [0, 0.05) is 10.5 Å². The fourth-order valence-corrected chi connectivity index (χ4v) is 2.55. The van der Waals surface area contributed by atoms with Crippen molar-refractivity contribution >= 4 is 15.9 Å². The minimum Gasteiger partial charge on any atom is -0.317 e. The quantitative estimate of drug-likeness (QED) is 0.818. The Labute approximate surface area is 125 Å². The molecule has 2 atom stereocenters. The first-order valence-corrected chi connectivity index (χ1v) is 7.64. The van der Waals surface area contributed by atoms with Crippen LogP contribution in [0.3, 0.4) is 0 Å². The Morgan fingerprint density at radius 3 is 2.42 bits per heavy atom. The normalized spacial score (nSPS) is 15.3. The maximum absolute atomic E-state index is 13.1. The van der Waals surface area contributed by atoms with E-state index in [2.05, 4.69) is 48.9 Å². The van der Waals surface area contributed by atoms with E-state index < -0.39 is 0 Å². The highest BCUT2D eigenvalue weighted by Crippen LogP contribution is 2.30. The molecule has 108 valence electrons. The molecule has 0 fully saturated rings. The first-order valence-electron chi connectivity index (χ1n) is 6.85. The van der Waals surface area contributed by atoms with E-state index in [0.717, 1.165) is 22.9 Å². The lowest BCUT2D eigenvalue weighted by molar-refractivity contribution is 0.225. The maximum atomic E-state index is 13.1. The number of halogens is 2. The first kappa shape index (κ1) is 16.6. The van der Waals surface area contributed by atoms with Crippen molar-refractivity contribution in [1.82, 2.24) is 5.32 Å². The molecule has 19 heavy (non-hydrogen) atoms. The summed E-state index contributed by atoms with van der Waals surface area (Å²) in [4.78, 5) is 0. The third kappa shape index (κ3) is 5.23. The second-order valence-corrected chi connectivity index (χ2v) is 7.28. The topological polar surface area (TPSA) is 12.0 Å². The molecule has 1 nitrogen and oxygen atoms in total. The lowest BCUT2D eigenvalue weighted by Gasteiger charge is -2.31. The number of rotatable bonds is 5. The average molecular weight is 330 g/mol. The molecule has 0 amide bonds. The zero-order chi connectivity index (χ0) is 14.6. The van der Waals surface area contributed by atoms with Gasteiger partial charge in [-0.2, -0.15) is 0 Å². The van der Waals surface area contributed by atoms with Crippen LogP contribution >= 0.6 is 15.9 Å². The third-order valence-electron chi connectivity index (χ3n) is 4.01. The standard InChI is InChI=1S/C16H25BrFN/c1-11(16(2,3)4)8-14(19-5)9-12-6-7-13(18)10-15(12)17/h6-7,10-11,14,19H,8-9H2,1-5H3. The number of benzene rings is 1. The molecule has 0 aliphatic carbocycles. The van der Waals surface area contributed by atoms with Gasteiger partial charge in [0.05, 0.1) is 0 Å². The highest BCUT2D eigenvalue weighted by molar-refractivity contribution is 9.10. The van der Waals surface area contributed by atoms with Gasteiger partial charge in [0.15, 0.2) is 0 Å². The van der Waals surface area contributed by atoms with E-state index in [0.29, 0.717) is 17.4 Å². The lowest BCUT2D eigenvalue weighted by atomic mass is 9.78. The molecule has 0 aliphatic heterocycles. The van der Waals surface area contributed by atoms with Crippen molar-refractivity contribution in [3.63, 3.8) is 0 Å². The zero-order valence-electron chi connectivity index (χ0n) is 12.6. The molecule has 0 heterocycles. The molecule has 0 saturated carbocycles. The molecule has 3 heteroatoms. The number of hydrogen-bond acceptors (Lipinski definition) is 1. The van der Waals surface area contributed by atoms with Crippen LogP contribution < -0.4 is 5.32 Å². The molecule has 1 N–H and O–H groups in total. The predicted octanol–water partition coefficient (Wildman–Crippen LogP) is 4.79. The largest absolute Gasteiger partial charge is 0.317 e. The van der Waals surface area contributed by atoms with Crippen LogP contribution in [0.4, 0.5) is 4.39 Å². The molecular weight excluding hydrogens is 305 g/mol. The summed E-state index contributed by atoms with van der Waals surface area (Å²) in [6.45, 7) is 9.12. The predicted molar refractivity (Wildman–Crippen MR) is 83.9 cm³/mol. The molecule has 0 radical (unpaired) electrons. The van der Waals surface area contributed by atoms with Crippen molar-refractivity contribution in [2.24, 2.45) is 11.3 Å². The third-order valence-corrected chi connectivity index (χ3v) is 4.74. The molecule has 0 bridgehead atoms. The van der Waals surface area contributed by atoms with Gasteiger partial charge in [0.2, 0.25) is 0 Å². The van der Waals surface area contributed by atoms with Crippen molar-refractivity contribution in [3.05, 3.63) is 34.1 Å². The van der Waals surface area contributed by atoms with E-state index in [1.54, 1.807) is 0 Å². The molecular formula is C16H25BrFN. The summed E-state index contributed by atoms with van der Waals surface area (Å²) >= 11 is 3.44. The fraction of sp³-hybridized carbons (Fsp3) is 0.625. The van der Waals surface area contributed by atoms with Gasteiger partial charge in [-0.25, -0.2) is 4.39 Å². The number of likely N-dealkylation sites (N-methyl/N-ethyl adjacent to an activating group) is 1. The zero-order valence-corrected chi connectivity index (χ0v) is 14.1. The van der Waals surface area contributed by atoms with Gasteiger partial charge in [-0.3, -0.25) is 0 Å². The Balaban J connectivity index is 2.72. The van der Waals surface area contributed by atoms with Gasteiger partial charge in [-0.1, -0.05) is 49.7 Å². The van der Waals surface area contributed by atoms with Gasteiger partial charge in [-0.15, -0.1) is 0 Å². The van der Waals surface area contributed by atoms with E-state index in [9.17, 15) is 4.39 Å². The number of hydrogen-bond donors (Lipinski definition) is 1. The van der Waals surface area contributed by atoms with E-state index in [-0.39, 0.29) is 5.82 Å². The Kier molecular flexibility index (Phi) is 6.00. The number of nitrogens with one attached hydrogen (secondary N) is 1. The second kappa shape index (κ2) is 6.85. The van der Waals surface area contributed by atoms with E-state index >= 15 is 0 Å². The van der Waals surface area contributed by atoms with Crippen LogP contribution in [-0.4, -0.2) is 13.1 Å². The first-order chi connectivity index (χ1) is 8.74. The van der Waals surface area contributed by atoms with Crippen molar-refractivity contribution in [2.45, 2.75) is 46.6 Å². The highest BCUT2D eigenvalue weighted by atomic mass is 79.9. The van der Waals surface area contributed by atoms with Crippen molar-refractivity contribution in [3.8, 4) is 0 Å². The summed E-state index contributed by atoms with van der Waals surface area (Å²) < 4.78 is 13.9. The van der Waals surface area contributed by atoms with Crippen LogP contribution in [0.2, 0.25) is 0 Å². The van der Waals surface area contributed by atoms with Crippen LogP contribution in [0.25, 0.3) is 0 Å². The fourth-order valence-electron chi connectivity index (χ4n) is 2.04. The monoisotopic (exact) mass is 329 g/mol. The molecule has 0 aromatic heterocycles. The van der Waals surface area contributed by atoms with Gasteiger partial charge in [-0.05, 0) is 48.9 Å².